The molecule has 0 unspecified atom stereocenters. The zero-order chi connectivity index (χ0) is 20.4. The number of carbonyl (C=O) groups is 1. The van der Waals surface area contributed by atoms with Crippen LogP contribution in [0.1, 0.15) is 38.1 Å². The molecule has 0 aliphatic carbocycles. The molecule has 28 heavy (non-hydrogen) atoms. The number of ether oxygens (including phenoxy) is 1. The molecule has 0 radical (unpaired) electrons. The largest absolute Gasteiger partial charge is 0.459 e. The summed E-state index contributed by atoms with van der Waals surface area (Å²) in [4.78, 5) is 23.8. The van der Waals surface area contributed by atoms with Gasteiger partial charge in [0.25, 0.3) is 0 Å². The molecule has 2 aromatic carbocycles. The molecule has 0 atom stereocenters. The third-order valence-electron chi connectivity index (χ3n) is 4.45. The van der Waals surface area contributed by atoms with Crippen LogP contribution in [0.15, 0.2) is 42.5 Å². The molecule has 1 heterocycles. The van der Waals surface area contributed by atoms with Gasteiger partial charge in [0.05, 0.1) is 22.7 Å². The van der Waals surface area contributed by atoms with E-state index < -0.39 is 0 Å². The van der Waals surface area contributed by atoms with Gasteiger partial charge in [0.2, 0.25) is 0 Å². The van der Waals surface area contributed by atoms with E-state index in [2.05, 4.69) is 13.8 Å². The maximum atomic E-state index is 13.4. The molecule has 5 nitrogen and oxygen atoms in total. The van der Waals surface area contributed by atoms with Crippen molar-refractivity contribution < 1.29 is 13.9 Å². The zero-order valence-corrected chi connectivity index (χ0v) is 16.7. The molecular weight excluding hydrogens is 357 g/mol. The van der Waals surface area contributed by atoms with Crippen molar-refractivity contribution in [2.75, 3.05) is 11.9 Å². The minimum Gasteiger partial charge on any atom is -0.459 e. The lowest BCUT2D eigenvalue weighted by atomic mass is 10.1. The third-order valence-corrected chi connectivity index (χ3v) is 4.45. The lowest BCUT2D eigenvalue weighted by Gasteiger charge is -2.25. The Morgan fingerprint density at radius 3 is 2.29 bits per heavy atom. The summed E-state index contributed by atoms with van der Waals surface area (Å²) < 4.78 is 18.6. The first kappa shape index (κ1) is 19.7. The Bertz CT molecular complexity index is 1000. The van der Waals surface area contributed by atoms with E-state index in [1.165, 1.54) is 12.1 Å². The normalized spacial score (nSPS) is 11.3. The Morgan fingerprint density at radius 1 is 1.00 bits per heavy atom. The summed E-state index contributed by atoms with van der Waals surface area (Å²) in [6.45, 7) is 7.72. The number of rotatable bonds is 5. The molecule has 0 aliphatic heterocycles. The SMILES string of the molecule is CC(C)OC(=O)c1ccc2nc(-c3ccc(F)cc3)c(N(C)C(C)C)nc2c1. The molecule has 0 aliphatic rings. The van der Waals surface area contributed by atoms with E-state index in [9.17, 15) is 9.18 Å². The van der Waals surface area contributed by atoms with Gasteiger partial charge in [0.1, 0.15) is 11.5 Å². The second-order valence-electron chi connectivity index (χ2n) is 7.26. The van der Waals surface area contributed by atoms with Gasteiger partial charge in [-0.3, -0.25) is 0 Å². The Balaban J connectivity index is 2.16. The molecule has 0 amide bonds. The number of benzene rings is 2. The zero-order valence-electron chi connectivity index (χ0n) is 16.7. The van der Waals surface area contributed by atoms with Crippen molar-refractivity contribution in [3.63, 3.8) is 0 Å². The van der Waals surface area contributed by atoms with Crippen LogP contribution in [0, 0.1) is 5.82 Å². The maximum Gasteiger partial charge on any atom is 0.338 e. The summed E-state index contributed by atoms with van der Waals surface area (Å²) >= 11 is 0. The summed E-state index contributed by atoms with van der Waals surface area (Å²) in [5.41, 5.74) is 3.14. The second kappa shape index (κ2) is 7.92. The minimum absolute atomic E-state index is 0.181. The quantitative estimate of drug-likeness (QED) is 0.592. The first-order valence-corrected chi connectivity index (χ1v) is 9.28. The highest BCUT2D eigenvalue weighted by molar-refractivity contribution is 5.94. The molecule has 146 valence electrons. The Labute approximate surface area is 164 Å². The molecule has 0 spiro atoms. The lowest BCUT2D eigenvalue weighted by molar-refractivity contribution is 0.0378. The van der Waals surface area contributed by atoms with Gasteiger partial charge in [-0.1, -0.05) is 0 Å². The minimum atomic E-state index is -0.389. The van der Waals surface area contributed by atoms with Crippen LogP contribution in [0.25, 0.3) is 22.3 Å². The van der Waals surface area contributed by atoms with Gasteiger partial charge in [0.15, 0.2) is 5.82 Å². The first-order chi connectivity index (χ1) is 13.3. The topological polar surface area (TPSA) is 55.3 Å². The predicted molar refractivity (Wildman–Crippen MR) is 109 cm³/mol. The predicted octanol–water partition coefficient (Wildman–Crippen LogP) is 4.85. The van der Waals surface area contributed by atoms with Crippen molar-refractivity contribution in [3.05, 3.63) is 53.8 Å². The van der Waals surface area contributed by atoms with Crippen LogP contribution in [0.5, 0.6) is 0 Å². The molecule has 0 fully saturated rings. The molecule has 6 heteroatoms. The van der Waals surface area contributed by atoms with Gasteiger partial charge in [-0.2, -0.15) is 0 Å². The molecular formula is C22H24FN3O2. The number of hydrogen-bond acceptors (Lipinski definition) is 5. The van der Waals surface area contributed by atoms with Crippen molar-refractivity contribution >= 4 is 22.8 Å². The fourth-order valence-corrected chi connectivity index (χ4v) is 2.75. The molecule has 0 saturated carbocycles. The fourth-order valence-electron chi connectivity index (χ4n) is 2.75. The van der Waals surface area contributed by atoms with Gasteiger partial charge in [-0.15, -0.1) is 0 Å². The summed E-state index contributed by atoms with van der Waals surface area (Å²) in [7, 11) is 1.93. The van der Waals surface area contributed by atoms with Gasteiger partial charge >= 0.3 is 5.97 Å². The van der Waals surface area contributed by atoms with Crippen LogP contribution in [-0.4, -0.2) is 35.1 Å². The molecule has 0 saturated heterocycles. The number of halogens is 1. The summed E-state index contributed by atoms with van der Waals surface area (Å²) in [6, 6.07) is 11.5. The van der Waals surface area contributed by atoms with E-state index in [-0.39, 0.29) is 23.9 Å². The lowest BCUT2D eigenvalue weighted by Crippen LogP contribution is -2.27. The Morgan fingerprint density at radius 2 is 1.68 bits per heavy atom. The van der Waals surface area contributed by atoms with E-state index in [0.717, 1.165) is 5.56 Å². The van der Waals surface area contributed by atoms with Crippen molar-refractivity contribution in [2.24, 2.45) is 0 Å². The molecule has 1 aromatic heterocycles. The number of fused-ring (bicyclic) bond motifs is 1. The van der Waals surface area contributed by atoms with Crippen LogP contribution >= 0.6 is 0 Å². The smallest absolute Gasteiger partial charge is 0.338 e. The fraction of sp³-hybridized carbons (Fsp3) is 0.318. The number of esters is 1. The Hall–Kier alpha value is -3.02. The van der Waals surface area contributed by atoms with E-state index in [1.54, 1.807) is 30.3 Å². The maximum absolute atomic E-state index is 13.4. The van der Waals surface area contributed by atoms with Crippen LogP contribution in [-0.2, 0) is 4.74 Å². The number of hydrogen-bond donors (Lipinski definition) is 0. The standard InChI is InChI=1S/C22H24FN3O2/c1-13(2)26(5)21-20(15-6-9-17(23)10-7-15)24-18-11-8-16(12-19(18)25-21)22(27)28-14(3)4/h6-14H,1-5H3. The van der Waals surface area contributed by atoms with Gasteiger partial charge < -0.3 is 9.64 Å². The molecule has 3 aromatic rings. The second-order valence-corrected chi connectivity index (χ2v) is 7.26. The van der Waals surface area contributed by atoms with E-state index >= 15 is 0 Å². The van der Waals surface area contributed by atoms with E-state index in [4.69, 9.17) is 14.7 Å². The molecule has 0 bridgehead atoms. The monoisotopic (exact) mass is 381 g/mol. The average molecular weight is 381 g/mol. The number of carbonyl (C=O) groups excluding carboxylic acids is 1. The van der Waals surface area contributed by atoms with Gasteiger partial charge in [0, 0.05) is 18.7 Å². The summed E-state index contributed by atoms with van der Waals surface area (Å²) in [5.74, 6) is -0.0203. The molecule has 0 N–H and O–H groups in total. The average Bonchev–Trinajstić information content (AvgIpc) is 2.66. The number of aromatic nitrogens is 2. The van der Waals surface area contributed by atoms with Gasteiger partial charge in [-0.25, -0.2) is 19.2 Å². The van der Waals surface area contributed by atoms with Crippen LogP contribution < -0.4 is 4.90 Å². The van der Waals surface area contributed by atoms with Crippen molar-refractivity contribution in [1.29, 1.82) is 0 Å². The Kier molecular flexibility index (Phi) is 5.58. The number of nitrogens with zero attached hydrogens (tertiary/aromatic N) is 3. The summed E-state index contributed by atoms with van der Waals surface area (Å²) in [5, 5.41) is 0. The highest BCUT2D eigenvalue weighted by Crippen LogP contribution is 2.30. The van der Waals surface area contributed by atoms with Crippen LogP contribution in [0.2, 0.25) is 0 Å². The summed E-state index contributed by atoms with van der Waals surface area (Å²) in [6.07, 6.45) is -0.197. The van der Waals surface area contributed by atoms with Gasteiger partial charge in [-0.05, 0) is 70.2 Å². The van der Waals surface area contributed by atoms with Crippen molar-refractivity contribution in [2.45, 2.75) is 39.8 Å². The highest BCUT2D eigenvalue weighted by atomic mass is 19.1. The van der Waals surface area contributed by atoms with E-state index in [1.807, 2.05) is 25.8 Å². The van der Waals surface area contributed by atoms with Crippen molar-refractivity contribution in [3.8, 4) is 11.3 Å². The number of anilines is 1. The van der Waals surface area contributed by atoms with Crippen molar-refractivity contribution in [1.82, 2.24) is 9.97 Å². The third kappa shape index (κ3) is 4.11. The first-order valence-electron chi connectivity index (χ1n) is 9.28. The van der Waals surface area contributed by atoms with Crippen LogP contribution in [0.4, 0.5) is 10.2 Å². The van der Waals surface area contributed by atoms with Crippen LogP contribution in [0.3, 0.4) is 0 Å². The molecule has 3 rings (SSSR count). The highest BCUT2D eigenvalue weighted by Gasteiger charge is 2.18. The van der Waals surface area contributed by atoms with E-state index in [0.29, 0.717) is 28.1 Å².